The Kier molecular flexibility index (Phi) is 2.74. The van der Waals surface area contributed by atoms with Gasteiger partial charge in [-0.25, -0.2) is 8.42 Å². The molecule has 0 saturated heterocycles. The van der Waals surface area contributed by atoms with E-state index in [1.165, 1.54) is 19.1 Å². The predicted molar refractivity (Wildman–Crippen MR) is 68.8 cm³/mol. The van der Waals surface area contributed by atoms with Crippen molar-refractivity contribution in [3.8, 4) is 0 Å². The van der Waals surface area contributed by atoms with Crippen LogP contribution in [0.1, 0.15) is 38.5 Å². The minimum absolute atomic E-state index is 0.0850. The van der Waals surface area contributed by atoms with Gasteiger partial charge in [-0.2, -0.15) is 0 Å². The minimum Gasteiger partial charge on any atom is -0.354 e. The van der Waals surface area contributed by atoms with E-state index in [2.05, 4.69) is 5.32 Å². The van der Waals surface area contributed by atoms with E-state index >= 15 is 0 Å². The van der Waals surface area contributed by atoms with Crippen LogP contribution in [0, 0.1) is 17.8 Å². The monoisotopic (exact) mass is 271 g/mol. The zero-order chi connectivity index (χ0) is 13.0. The first-order valence-corrected chi connectivity index (χ1v) is 8.79. The zero-order valence-corrected chi connectivity index (χ0v) is 11.6. The Hall–Kier alpha value is -0.580. The van der Waals surface area contributed by atoms with Crippen molar-refractivity contribution in [2.45, 2.75) is 43.3 Å². The Morgan fingerprint density at radius 1 is 1.33 bits per heavy atom. The van der Waals surface area contributed by atoms with E-state index in [9.17, 15) is 13.2 Å². The van der Waals surface area contributed by atoms with Gasteiger partial charge in [-0.05, 0) is 43.9 Å². The average molecular weight is 271 g/mol. The second-order valence-corrected chi connectivity index (χ2v) is 8.78. The molecule has 0 aromatic rings. The maximum Gasteiger partial charge on any atom is 0.223 e. The molecule has 1 N–H and O–H groups in total. The van der Waals surface area contributed by atoms with Crippen LogP contribution in [-0.2, 0) is 14.6 Å². The third-order valence-electron chi connectivity index (χ3n) is 5.04. The second-order valence-electron chi connectivity index (χ2n) is 6.37. The highest BCUT2D eigenvalue weighted by Crippen LogP contribution is 2.54. The number of carbonyl (C=O) groups excluding carboxylic acids is 1. The molecule has 3 fully saturated rings. The molecule has 0 heterocycles. The fourth-order valence-electron chi connectivity index (χ4n) is 3.19. The average Bonchev–Trinajstić information content (AvgIpc) is 3.05. The first-order valence-electron chi connectivity index (χ1n) is 6.90. The number of sulfone groups is 1. The summed E-state index contributed by atoms with van der Waals surface area (Å²) in [6.07, 6.45) is 7.22. The van der Waals surface area contributed by atoms with E-state index in [4.69, 9.17) is 0 Å². The van der Waals surface area contributed by atoms with Gasteiger partial charge >= 0.3 is 0 Å². The number of hydrogen-bond acceptors (Lipinski definition) is 3. The van der Waals surface area contributed by atoms with E-state index in [-0.39, 0.29) is 11.8 Å². The number of rotatable bonds is 5. The highest BCUT2D eigenvalue weighted by Gasteiger charge is 2.52. The normalized spacial score (nSPS) is 33.6. The van der Waals surface area contributed by atoms with Gasteiger partial charge in [0.1, 0.15) is 0 Å². The summed E-state index contributed by atoms with van der Waals surface area (Å²) >= 11 is 0. The maximum atomic E-state index is 12.0. The van der Waals surface area contributed by atoms with Crippen molar-refractivity contribution in [2.24, 2.45) is 17.8 Å². The van der Waals surface area contributed by atoms with Gasteiger partial charge in [-0.3, -0.25) is 4.79 Å². The predicted octanol–water partition coefficient (Wildman–Crippen LogP) is 1.12. The molecule has 0 aliphatic heterocycles. The summed E-state index contributed by atoms with van der Waals surface area (Å²) < 4.78 is 22.9. The van der Waals surface area contributed by atoms with E-state index in [0.29, 0.717) is 25.3 Å². The second kappa shape index (κ2) is 3.95. The van der Waals surface area contributed by atoms with Crippen molar-refractivity contribution in [2.75, 3.05) is 12.8 Å². The molecular weight excluding hydrogens is 250 g/mol. The zero-order valence-electron chi connectivity index (χ0n) is 10.8. The molecule has 18 heavy (non-hydrogen) atoms. The minimum atomic E-state index is -3.06. The lowest BCUT2D eigenvalue weighted by Gasteiger charge is -2.39. The quantitative estimate of drug-likeness (QED) is 0.815. The van der Waals surface area contributed by atoms with Gasteiger partial charge in [0.05, 0.1) is 4.75 Å². The van der Waals surface area contributed by atoms with Gasteiger partial charge in [-0.15, -0.1) is 0 Å². The third-order valence-corrected chi connectivity index (χ3v) is 7.17. The Bertz CT molecular complexity index is 463. The van der Waals surface area contributed by atoms with Gasteiger partial charge in [0, 0.05) is 18.7 Å². The molecular formula is C13H21NO3S. The van der Waals surface area contributed by atoms with Crippen LogP contribution in [0.25, 0.3) is 0 Å². The molecule has 0 unspecified atom stereocenters. The molecule has 0 aromatic carbocycles. The largest absolute Gasteiger partial charge is 0.354 e. The maximum absolute atomic E-state index is 12.0. The van der Waals surface area contributed by atoms with E-state index < -0.39 is 14.6 Å². The van der Waals surface area contributed by atoms with Crippen molar-refractivity contribution in [3.63, 3.8) is 0 Å². The van der Waals surface area contributed by atoms with Gasteiger partial charge < -0.3 is 5.32 Å². The fraction of sp³-hybridized carbons (Fsp3) is 0.923. The number of amides is 1. The SMILES string of the molecule is CS(=O)(=O)C1(CNC(=O)[C@@H]2C[C@H]2C2CC2)CCC1. The number of hydrogen-bond donors (Lipinski definition) is 1. The Balaban J connectivity index is 1.53. The molecule has 0 aromatic heterocycles. The Morgan fingerprint density at radius 3 is 2.44 bits per heavy atom. The van der Waals surface area contributed by atoms with Gasteiger partial charge in [-0.1, -0.05) is 6.42 Å². The molecule has 3 saturated carbocycles. The summed E-state index contributed by atoms with van der Waals surface area (Å²) in [5.74, 6) is 1.64. The van der Waals surface area contributed by atoms with Gasteiger partial charge in [0.15, 0.2) is 9.84 Å². The van der Waals surface area contributed by atoms with Crippen LogP contribution in [-0.4, -0.2) is 31.9 Å². The first kappa shape index (κ1) is 12.5. The molecule has 2 atom stereocenters. The molecule has 3 aliphatic carbocycles. The van der Waals surface area contributed by atoms with E-state index in [0.717, 1.165) is 18.8 Å². The van der Waals surface area contributed by atoms with Crippen molar-refractivity contribution >= 4 is 15.7 Å². The Morgan fingerprint density at radius 2 is 2.00 bits per heavy atom. The first-order chi connectivity index (χ1) is 8.43. The highest BCUT2D eigenvalue weighted by molar-refractivity contribution is 7.92. The highest BCUT2D eigenvalue weighted by atomic mass is 32.2. The number of carbonyl (C=O) groups is 1. The summed E-state index contributed by atoms with van der Waals surface area (Å²) in [4.78, 5) is 12.0. The van der Waals surface area contributed by atoms with Crippen molar-refractivity contribution in [3.05, 3.63) is 0 Å². The standard InChI is InChI=1S/C13H21NO3S/c1-18(16,17)13(5-2-6-13)8-14-12(15)11-7-10(11)9-3-4-9/h9-11H,2-8H2,1H3,(H,14,15)/t10-,11+/m0/s1. The Labute approximate surface area is 108 Å². The van der Waals surface area contributed by atoms with E-state index in [1.807, 2.05) is 0 Å². The van der Waals surface area contributed by atoms with Crippen LogP contribution in [0.2, 0.25) is 0 Å². The van der Waals surface area contributed by atoms with Gasteiger partial charge in [0.2, 0.25) is 5.91 Å². The summed E-state index contributed by atoms with van der Waals surface area (Å²) in [6.45, 7) is 0.318. The lowest BCUT2D eigenvalue weighted by Crippen LogP contribution is -2.53. The summed E-state index contributed by atoms with van der Waals surface area (Å²) in [5, 5.41) is 2.89. The van der Waals surface area contributed by atoms with E-state index in [1.54, 1.807) is 0 Å². The molecule has 1 amide bonds. The third kappa shape index (κ3) is 2.06. The lowest BCUT2D eigenvalue weighted by molar-refractivity contribution is -0.122. The van der Waals surface area contributed by atoms with Crippen molar-refractivity contribution < 1.29 is 13.2 Å². The molecule has 4 nitrogen and oxygen atoms in total. The molecule has 0 bridgehead atoms. The topological polar surface area (TPSA) is 63.2 Å². The molecule has 0 radical (unpaired) electrons. The number of nitrogens with one attached hydrogen (secondary N) is 1. The van der Waals surface area contributed by atoms with Crippen LogP contribution in [0.3, 0.4) is 0 Å². The van der Waals surface area contributed by atoms with Crippen LogP contribution >= 0.6 is 0 Å². The van der Waals surface area contributed by atoms with Crippen LogP contribution in [0.15, 0.2) is 0 Å². The molecule has 3 aliphatic rings. The summed E-state index contributed by atoms with van der Waals surface area (Å²) in [5.41, 5.74) is 0. The van der Waals surface area contributed by atoms with Crippen LogP contribution < -0.4 is 5.32 Å². The molecule has 5 heteroatoms. The van der Waals surface area contributed by atoms with Gasteiger partial charge in [0.25, 0.3) is 0 Å². The molecule has 102 valence electrons. The van der Waals surface area contributed by atoms with Crippen molar-refractivity contribution in [1.29, 1.82) is 0 Å². The summed E-state index contributed by atoms with van der Waals surface area (Å²) in [7, 11) is -3.06. The summed E-state index contributed by atoms with van der Waals surface area (Å²) in [6, 6.07) is 0. The lowest BCUT2D eigenvalue weighted by atomic mass is 9.84. The molecule has 3 rings (SSSR count). The molecule has 0 spiro atoms. The van der Waals surface area contributed by atoms with Crippen LogP contribution in [0.4, 0.5) is 0 Å². The fourth-order valence-corrected chi connectivity index (χ4v) is 4.56. The van der Waals surface area contributed by atoms with Crippen LogP contribution in [0.5, 0.6) is 0 Å². The smallest absolute Gasteiger partial charge is 0.223 e. The van der Waals surface area contributed by atoms with Crippen molar-refractivity contribution in [1.82, 2.24) is 5.32 Å².